The van der Waals surface area contributed by atoms with Crippen LogP contribution in [0.4, 0.5) is 0 Å². The smallest absolute Gasteiger partial charge is 0.174 e. The molecule has 0 spiro atoms. The first-order valence-corrected chi connectivity index (χ1v) is 9.89. The Morgan fingerprint density at radius 2 is 1.61 bits per heavy atom. The highest BCUT2D eigenvalue weighted by atomic mass is 32.2. The molecule has 4 nitrogen and oxygen atoms in total. The van der Waals surface area contributed by atoms with Gasteiger partial charge in [0.2, 0.25) is 0 Å². The number of nitriles is 1. The molecule has 0 fully saturated rings. The first-order chi connectivity index (χ1) is 13.8. The molecule has 0 amide bonds. The van der Waals surface area contributed by atoms with Gasteiger partial charge in [0, 0.05) is 5.69 Å². The maximum atomic E-state index is 12.7. The summed E-state index contributed by atoms with van der Waals surface area (Å²) < 4.78 is 2.05. The number of hydrogen-bond donors (Lipinski definition) is 0. The molecular weight excluding hydrogens is 366 g/mol. The van der Waals surface area contributed by atoms with Gasteiger partial charge in [-0.25, -0.2) is 4.98 Å². The molecule has 0 radical (unpaired) electrons. The molecule has 0 unspecified atom stereocenters. The van der Waals surface area contributed by atoms with E-state index in [0.717, 1.165) is 27.4 Å². The molecule has 0 aliphatic heterocycles. The maximum absolute atomic E-state index is 12.7. The lowest BCUT2D eigenvalue weighted by Crippen LogP contribution is -2.13. The Bertz CT molecular complexity index is 1150. The van der Waals surface area contributed by atoms with Gasteiger partial charge < -0.3 is 0 Å². The van der Waals surface area contributed by atoms with E-state index in [1.54, 1.807) is 0 Å². The summed E-state index contributed by atoms with van der Waals surface area (Å²) in [5.74, 6) is -0.697. The van der Waals surface area contributed by atoms with E-state index < -0.39 is 5.92 Å². The Hall–Kier alpha value is -3.36. The highest BCUT2D eigenvalue weighted by molar-refractivity contribution is 7.99. The summed E-state index contributed by atoms with van der Waals surface area (Å²) in [4.78, 5) is 17.4. The molecule has 5 heteroatoms. The number of rotatable bonds is 6. The Morgan fingerprint density at radius 3 is 2.32 bits per heavy atom. The van der Waals surface area contributed by atoms with Crippen molar-refractivity contribution in [2.45, 2.75) is 11.1 Å². The lowest BCUT2D eigenvalue weighted by Gasteiger charge is -2.10. The molecule has 1 atom stereocenters. The standard InChI is InChI=1S/C23H17N3OS/c24-15-19(17-9-3-1-4-10-17)22(27)16-28-23-25-20-13-7-8-14-21(20)26(23)18-11-5-2-6-12-18/h1-14,19H,16H2/t19-/m1/s1. The van der Waals surface area contributed by atoms with Gasteiger partial charge in [0.15, 0.2) is 10.9 Å². The highest BCUT2D eigenvalue weighted by Gasteiger charge is 2.21. The molecule has 0 saturated heterocycles. The van der Waals surface area contributed by atoms with E-state index in [-0.39, 0.29) is 11.5 Å². The van der Waals surface area contributed by atoms with Gasteiger partial charge in [-0.3, -0.25) is 9.36 Å². The number of carbonyl (C=O) groups excluding carboxylic acids is 1. The molecule has 28 heavy (non-hydrogen) atoms. The zero-order valence-electron chi connectivity index (χ0n) is 15.0. The van der Waals surface area contributed by atoms with Crippen LogP contribution in [0.25, 0.3) is 16.7 Å². The van der Waals surface area contributed by atoms with Crippen molar-refractivity contribution >= 4 is 28.6 Å². The molecule has 0 aliphatic rings. The first kappa shape index (κ1) is 18.0. The molecule has 4 rings (SSSR count). The van der Waals surface area contributed by atoms with E-state index >= 15 is 0 Å². The number of carbonyl (C=O) groups is 1. The van der Waals surface area contributed by atoms with Crippen molar-refractivity contribution in [3.63, 3.8) is 0 Å². The number of aromatic nitrogens is 2. The minimum atomic E-state index is -0.761. The number of imidazole rings is 1. The van der Waals surface area contributed by atoms with Crippen molar-refractivity contribution in [1.29, 1.82) is 5.26 Å². The van der Waals surface area contributed by atoms with E-state index in [9.17, 15) is 10.1 Å². The van der Waals surface area contributed by atoms with Crippen LogP contribution in [0.3, 0.4) is 0 Å². The summed E-state index contributed by atoms with van der Waals surface area (Å²) in [5, 5.41) is 10.2. The van der Waals surface area contributed by atoms with Crippen LogP contribution in [0.5, 0.6) is 0 Å². The third-order valence-corrected chi connectivity index (χ3v) is 5.43. The Morgan fingerprint density at radius 1 is 0.964 bits per heavy atom. The van der Waals surface area contributed by atoms with Crippen LogP contribution >= 0.6 is 11.8 Å². The Labute approximate surface area is 167 Å². The fourth-order valence-electron chi connectivity index (χ4n) is 3.12. The van der Waals surface area contributed by atoms with Crippen LogP contribution in [0.1, 0.15) is 11.5 Å². The van der Waals surface area contributed by atoms with E-state index in [1.807, 2.05) is 84.9 Å². The largest absolute Gasteiger partial charge is 0.297 e. The topological polar surface area (TPSA) is 58.7 Å². The highest BCUT2D eigenvalue weighted by Crippen LogP contribution is 2.29. The monoisotopic (exact) mass is 383 g/mol. The molecule has 1 heterocycles. The maximum Gasteiger partial charge on any atom is 0.174 e. The van der Waals surface area contributed by atoms with Crippen molar-refractivity contribution in [3.8, 4) is 11.8 Å². The zero-order chi connectivity index (χ0) is 19.3. The van der Waals surface area contributed by atoms with Gasteiger partial charge in [-0.05, 0) is 29.8 Å². The molecule has 0 saturated carbocycles. The fourth-order valence-corrected chi connectivity index (χ4v) is 4.06. The average molecular weight is 383 g/mol. The van der Waals surface area contributed by atoms with Crippen LogP contribution in [-0.2, 0) is 4.79 Å². The molecule has 0 aliphatic carbocycles. The minimum Gasteiger partial charge on any atom is -0.297 e. The second kappa shape index (κ2) is 8.12. The van der Waals surface area contributed by atoms with Crippen molar-refractivity contribution in [1.82, 2.24) is 9.55 Å². The Balaban J connectivity index is 1.64. The quantitative estimate of drug-likeness (QED) is 0.440. The number of fused-ring (bicyclic) bond motifs is 1. The van der Waals surface area contributed by atoms with E-state index in [2.05, 4.69) is 10.6 Å². The molecule has 3 aromatic carbocycles. The fraction of sp³-hybridized carbons (Fsp3) is 0.0870. The number of hydrogen-bond acceptors (Lipinski definition) is 4. The van der Waals surface area contributed by atoms with E-state index in [0.29, 0.717) is 0 Å². The summed E-state index contributed by atoms with van der Waals surface area (Å²) in [6.45, 7) is 0. The number of para-hydroxylation sites is 3. The second-order valence-corrected chi connectivity index (χ2v) is 7.22. The first-order valence-electron chi connectivity index (χ1n) is 8.91. The van der Waals surface area contributed by atoms with Gasteiger partial charge in [0.25, 0.3) is 0 Å². The van der Waals surface area contributed by atoms with Crippen molar-refractivity contribution in [2.75, 3.05) is 5.75 Å². The van der Waals surface area contributed by atoms with Gasteiger partial charge in [0.05, 0.1) is 22.9 Å². The number of ketones is 1. The molecule has 0 N–H and O–H groups in total. The molecule has 1 aromatic heterocycles. The average Bonchev–Trinajstić information content (AvgIpc) is 3.12. The lowest BCUT2D eigenvalue weighted by molar-refractivity contribution is -0.116. The van der Waals surface area contributed by atoms with Gasteiger partial charge in [-0.15, -0.1) is 0 Å². The third-order valence-electron chi connectivity index (χ3n) is 4.47. The summed E-state index contributed by atoms with van der Waals surface area (Å²) in [6.07, 6.45) is 0. The van der Waals surface area contributed by atoms with Crippen LogP contribution in [0.15, 0.2) is 90.1 Å². The van der Waals surface area contributed by atoms with Gasteiger partial charge in [-0.1, -0.05) is 72.4 Å². The lowest BCUT2D eigenvalue weighted by atomic mass is 9.97. The second-order valence-electron chi connectivity index (χ2n) is 6.28. The van der Waals surface area contributed by atoms with Crippen LogP contribution in [0.2, 0.25) is 0 Å². The Kier molecular flexibility index (Phi) is 5.22. The molecule has 0 bridgehead atoms. The predicted molar refractivity (Wildman–Crippen MR) is 112 cm³/mol. The SMILES string of the molecule is N#C[C@@H](C(=O)CSc1nc2ccccc2n1-c1ccccc1)c1ccccc1. The number of Topliss-reactive ketones (excluding diaryl/α,β-unsaturated/α-hetero) is 1. The van der Waals surface area contributed by atoms with Crippen LogP contribution < -0.4 is 0 Å². The third kappa shape index (κ3) is 3.55. The molecular formula is C23H17N3OS. The minimum absolute atomic E-state index is 0.120. The van der Waals surface area contributed by atoms with Gasteiger partial charge in [0.1, 0.15) is 5.92 Å². The zero-order valence-corrected chi connectivity index (χ0v) is 15.8. The number of nitrogens with zero attached hydrogens (tertiary/aromatic N) is 3. The van der Waals surface area contributed by atoms with E-state index in [4.69, 9.17) is 4.98 Å². The normalized spacial score (nSPS) is 11.8. The number of thioether (sulfide) groups is 1. The predicted octanol–water partition coefficient (Wildman–Crippen LogP) is 4.99. The van der Waals surface area contributed by atoms with Crippen molar-refractivity contribution in [3.05, 3.63) is 90.5 Å². The van der Waals surface area contributed by atoms with Gasteiger partial charge >= 0.3 is 0 Å². The summed E-state index contributed by atoms with van der Waals surface area (Å²) in [7, 11) is 0. The molecule has 136 valence electrons. The van der Waals surface area contributed by atoms with Crippen molar-refractivity contribution in [2.24, 2.45) is 0 Å². The number of benzene rings is 3. The van der Waals surface area contributed by atoms with E-state index in [1.165, 1.54) is 11.8 Å². The van der Waals surface area contributed by atoms with Crippen LogP contribution in [-0.4, -0.2) is 21.1 Å². The molecule has 4 aromatic rings. The summed E-state index contributed by atoms with van der Waals surface area (Å²) in [5.41, 5.74) is 3.59. The van der Waals surface area contributed by atoms with Gasteiger partial charge in [-0.2, -0.15) is 5.26 Å². The summed E-state index contributed by atoms with van der Waals surface area (Å²) >= 11 is 1.37. The van der Waals surface area contributed by atoms with Crippen molar-refractivity contribution < 1.29 is 4.79 Å². The van der Waals surface area contributed by atoms with Crippen LogP contribution in [0, 0.1) is 11.3 Å². The summed E-state index contributed by atoms with van der Waals surface area (Å²) in [6, 6.07) is 29.2.